The first-order valence-electron chi connectivity index (χ1n) is 5.81. The summed E-state index contributed by atoms with van der Waals surface area (Å²) in [4.78, 5) is 15.2. The minimum absolute atomic E-state index is 0.0857. The van der Waals surface area contributed by atoms with Crippen molar-refractivity contribution in [3.05, 3.63) is 59.1 Å². The lowest BCUT2D eigenvalue weighted by molar-refractivity contribution is -0.114. The molecule has 0 heterocycles. The minimum Gasteiger partial charge on any atom is -0.326 e. The van der Waals surface area contributed by atoms with Crippen LogP contribution in [0, 0.1) is 0 Å². The Kier molecular flexibility index (Phi) is 4.31. The first kappa shape index (κ1) is 13.3. The maximum absolute atomic E-state index is 10.9. The number of amides is 1. The van der Waals surface area contributed by atoms with Gasteiger partial charge in [-0.2, -0.15) is 0 Å². The van der Waals surface area contributed by atoms with Gasteiger partial charge in [0.2, 0.25) is 5.91 Å². The van der Waals surface area contributed by atoms with Crippen molar-refractivity contribution in [2.24, 2.45) is 4.99 Å². The number of nitrogens with one attached hydrogen (secondary N) is 1. The predicted molar refractivity (Wildman–Crippen MR) is 79.5 cm³/mol. The summed E-state index contributed by atoms with van der Waals surface area (Å²) in [7, 11) is 0. The number of hydrogen-bond acceptors (Lipinski definition) is 2. The fourth-order valence-corrected chi connectivity index (χ4v) is 1.66. The highest BCUT2D eigenvalue weighted by atomic mass is 35.5. The monoisotopic (exact) mass is 272 g/mol. The number of carbonyl (C=O) groups excluding carboxylic acids is 1. The molecule has 0 bridgehead atoms. The smallest absolute Gasteiger partial charge is 0.221 e. The molecule has 0 aliphatic rings. The van der Waals surface area contributed by atoms with Crippen molar-refractivity contribution in [3.8, 4) is 0 Å². The average Bonchev–Trinajstić information content (AvgIpc) is 2.39. The topological polar surface area (TPSA) is 41.5 Å². The Bertz CT molecular complexity index is 589. The number of anilines is 1. The summed E-state index contributed by atoms with van der Waals surface area (Å²) >= 11 is 5.81. The van der Waals surface area contributed by atoms with Gasteiger partial charge in [0.25, 0.3) is 0 Å². The molecule has 0 fully saturated rings. The Morgan fingerprint density at radius 3 is 2.32 bits per heavy atom. The number of nitrogens with zero attached hydrogens (tertiary/aromatic N) is 1. The molecule has 2 aromatic rings. The third-order valence-electron chi connectivity index (χ3n) is 2.42. The number of hydrogen-bond donors (Lipinski definition) is 1. The molecule has 2 rings (SSSR count). The summed E-state index contributed by atoms with van der Waals surface area (Å²) in [6.07, 6.45) is 1.77. The van der Waals surface area contributed by atoms with E-state index >= 15 is 0 Å². The van der Waals surface area contributed by atoms with Gasteiger partial charge < -0.3 is 5.32 Å². The fourth-order valence-electron chi connectivity index (χ4n) is 1.53. The van der Waals surface area contributed by atoms with Crippen LogP contribution >= 0.6 is 11.6 Å². The number of aliphatic imine (C=N–C) groups is 1. The summed E-state index contributed by atoms with van der Waals surface area (Å²) in [5.41, 5.74) is 2.57. The molecular weight excluding hydrogens is 260 g/mol. The Hall–Kier alpha value is -2.13. The SMILES string of the molecule is CC(=O)Nc1ccc(N=Cc2ccc(Cl)cc2)cc1. The molecule has 0 saturated carbocycles. The maximum Gasteiger partial charge on any atom is 0.221 e. The molecule has 0 aromatic heterocycles. The lowest BCUT2D eigenvalue weighted by Crippen LogP contribution is -2.04. The first-order valence-corrected chi connectivity index (χ1v) is 6.18. The van der Waals surface area contributed by atoms with Crippen LogP contribution in [0.3, 0.4) is 0 Å². The summed E-state index contributed by atoms with van der Waals surface area (Å²) in [6, 6.07) is 14.8. The van der Waals surface area contributed by atoms with E-state index in [1.165, 1.54) is 6.92 Å². The number of halogens is 1. The number of carbonyl (C=O) groups is 1. The maximum atomic E-state index is 10.9. The van der Waals surface area contributed by atoms with E-state index in [-0.39, 0.29) is 5.91 Å². The highest BCUT2D eigenvalue weighted by molar-refractivity contribution is 6.30. The van der Waals surface area contributed by atoms with Gasteiger partial charge in [0, 0.05) is 23.8 Å². The molecule has 3 nitrogen and oxygen atoms in total. The molecule has 19 heavy (non-hydrogen) atoms. The summed E-state index contributed by atoms with van der Waals surface area (Å²) in [5.74, 6) is -0.0857. The van der Waals surface area contributed by atoms with Crippen LogP contribution < -0.4 is 5.32 Å². The molecule has 1 N–H and O–H groups in total. The minimum atomic E-state index is -0.0857. The molecule has 0 unspecified atom stereocenters. The standard InChI is InChI=1S/C15H13ClN2O/c1-11(19)18-15-8-6-14(7-9-15)17-10-12-2-4-13(16)5-3-12/h2-10H,1H3,(H,18,19). The second-order valence-corrected chi connectivity index (χ2v) is 4.47. The molecule has 0 spiro atoms. The zero-order valence-electron chi connectivity index (χ0n) is 10.4. The molecule has 0 atom stereocenters. The second-order valence-electron chi connectivity index (χ2n) is 4.04. The van der Waals surface area contributed by atoms with Gasteiger partial charge in [-0.15, -0.1) is 0 Å². The summed E-state index contributed by atoms with van der Waals surface area (Å²) in [6.45, 7) is 1.48. The van der Waals surface area contributed by atoms with Crippen molar-refractivity contribution >= 4 is 35.1 Å². The van der Waals surface area contributed by atoms with Crippen molar-refractivity contribution in [2.45, 2.75) is 6.92 Å². The highest BCUT2D eigenvalue weighted by Gasteiger charge is 1.95. The zero-order valence-corrected chi connectivity index (χ0v) is 11.2. The Morgan fingerprint density at radius 2 is 1.74 bits per heavy atom. The molecule has 2 aromatic carbocycles. The Labute approximate surface area is 116 Å². The van der Waals surface area contributed by atoms with Crippen molar-refractivity contribution < 1.29 is 4.79 Å². The molecule has 0 aliphatic heterocycles. The van der Waals surface area contributed by atoms with Gasteiger partial charge in [0.15, 0.2) is 0 Å². The van der Waals surface area contributed by atoms with E-state index in [0.717, 1.165) is 16.9 Å². The van der Waals surface area contributed by atoms with Crippen LogP contribution in [0.5, 0.6) is 0 Å². The third-order valence-corrected chi connectivity index (χ3v) is 2.67. The zero-order chi connectivity index (χ0) is 13.7. The second kappa shape index (κ2) is 6.16. The van der Waals surface area contributed by atoms with Gasteiger partial charge in [0.05, 0.1) is 5.69 Å². The molecule has 0 radical (unpaired) electrons. The van der Waals surface area contributed by atoms with E-state index < -0.39 is 0 Å². The van der Waals surface area contributed by atoms with Crippen molar-refractivity contribution in [2.75, 3.05) is 5.32 Å². The summed E-state index contributed by atoms with van der Waals surface area (Å²) < 4.78 is 0. The normalized spacial score (nSPS) is 10.6. The molecule has 1 amide bonds. The van der Waals surface area contributed by atoms with Crippen LogP contribution in [0.4, 0.5) is 11.4 Å². The van der Waals surface area contributed by atoms with Gasteiger partial charge in [-0.25, -0.2) is 0 Å². The van der Waals surface area contributed by atoms with Crippen LogP contribution in [0.15, 0.2) is 53.5 Å². The Morgan fingerprint density at radius 1 is 1.11 bits per heavy atom. The van der Waals surface area contributed by atoms with Crippen LogP contribution in [0.2, 0.25) is 5.02 Å². The summed E-state index contributed by atoms with van der Waals surface area (Å²) in [5, 5.41) is 3.41. The van der Waals surface area contributed by atoms with E-state index in [9.17, 15) is 4.79 Å². The van der Waals surface area contributed by atoms with Crippen molar-refractivity contribution in [1.29, 1.82) is 0 Å². The van der Waals surface area contributed by atoms with E-state index in [0.29, 0.717) is 5.02 Å². The first-order chi connectivity index (χ1) is 9.13. The van der Waals surface area contributed by atoms with Crippen LogP contribution in [0.1, 0.15) is 12.5 Å². The van der Waals surface area contributed by atoms with E-state index in [2.05, 4.69) is 10.3 Å². The van der Waals surface area contributed by atoms with Crippen molar-refractivity contribution in [3.63, 3.8) is 0 Å². The van der Waals surface area contributed by atoms with E-state index in [4.69, 9.17) is 11.6 Å². The lowest BCUT2D eigenvalue weighted by atomic mass is 10.2. The van der Waals surface area contributed by atoms with Crippen molar-refractivity contribution in [1.82, 2.24) is 0 Å². The molecule has 0 aliphatic carbocycles. The van der Waals surface area contributed by atoms with Gasteiger partial charge in [-0.3, -0.25) is 9.79 Å². The molecule has 0 saturated heterocycles. The average molecular weight is 273 g/mol. The predicted octanol–water partition coefficient (Wildman–Crippen LogP) is 4.05. The van der Waals surface area contributed by atoms with Gasteiger partial charge in [-0.1, -0.05) is 23.7 Å². The van der Waals surface area contributed by atoms with Crippen LogP contribution in [-0.4, -0.2) is 12.1 Å². The molecular formula is C15H13ClN2O. The van der Waals surface area contributed by atoms with Gasteiger partial charge in [0.1, 0.15) is 0 Å². The van der Waals surface area contributed by atoms with Crippen LogP contribution in [0.25, 0.3) is 0 Å². The largest absolute Gasteiger partial charge is 0.326 e. The highest BCUT2D eigenvalue weighted by Crippen LogP contribution is 2.16. The van der Waals surface area contributed by atoms with E-state index in [1.54, 1.807) is 6.21 Å². The fraction of sp³-hybridized carbons (Fsp3) is 0.0667. The lowest BCUT2D eigenvalue weighted by Gasteiger charge is -2.01. The van der Waals surface area contributed by atoms with Gasteiger partial charge in [-0.05, 0) is 42.0 Å². The molecule has 4 heteroatoms. The van der Waals surface area contributed by atoms with E-state index in [1.807, 2.05) is 48.5 Å². The van der Waals surface area contributed by atoms with Gasteiger partial charge >= 0.3 is 0 Å². The Balaban J connectivity index is 2.06. The number of benzene rings is 2. The third kappa shape index (κ3) is 4.23. The molecule has 96 valence electrons. The quantitative estimate of drug-likeness (QED) is 0.842. The number of rotatable bonds is 3. The van der Waals surface area contributed by atoms with Crippen LogP contribution in [-0.2, 0) is 4.79 Å².